The third-order valence-corrected chi connectivity index (χ3v) is 3.23. The molecule has 2 aromatic carbocycles. The molecule has 0 unspecified atom stereocenters. The van der Waals surface area contributed by atoms with Crippen LogP contribution in [0, 0.1) is 6.92 Å². The number of ether oxygens (including phenoxy) is 1. The zero-order valence-corrected chi connectivity index (χ0v) is 12.7. The monoisotopic (exact) mass is 322 g/mol. The average molecular weight is 323 g/mol. The number of benzene rings is 2. The van der Waals surface area contributed by atoms with Crippen molar-refractivity contribution in [2.75, 3.05) is 0 Å². The zero-order chi connectivity index (χ0) is 15.4. The van der Waals surface area contributed by atoms with Crippen molar-refractivity contribution >= 4 is 35.2 Å². The van der Waals surface area contributed by atoms with Crippen LogP contribution in [0.4, 0.5) is 0 Å². The topological polar surface area (TPSA) is 46.5 Å². The van der Waals surface area contributed by atoms with Crippen molar-refractivity contribution in [3.05, 3.63) is 63.6 Å². The van der Waals surface area contributed by atoms with Crippen molar-refractivity contribution in [3.63, 3.8) is 0 Å². The van der Waals surface area contributed by atoms with Crippen molar-refractivity contribution < 1.29 is 14.6 Å². The Kier molecular flexibility index (Phi) is 4.89. The number of hydrogen-bond donors (Lipinski definition) is 1. The fourth-order valence-electron chi connectivity index (χ4n) is 1.71. The van der Waals surface area contributed by atoms with E-state index in [0.717, 1.165) is 11.6 Å². The van der Waals surface area contributed by atoms with Gasteiger partial charge in [-0.15, -0.1) is 0 Å². The molecular formula is C16H12Cl2O3. The predicted molar refractivity (Wildman–Crippen MR) is 84.4 cm³/mol. The van der Waals surface area contributed by atoms with E-state index in [2.05, 4.69) is 0 Å². The number of rotatable bonds is 4. The van der Waals surface area contributed by atoms with E-state index in [1.165, 1.54) is 6.08 Å². The maximum atomic E-state index is 10.6. The van der Waals surface area contributed by atoms with E-state index in [9.17, 15) is 4.79 Å². The summed E-state index contributed by atoms with van der Waals surface area (Å²) in [6, 6.07) is 10.4. The van der Waals surface area contributed by atoms with Gasteiger partial charge in [0.15, 0.2) is 0 Å². The molecule has 0 atom stereocenters. The van der Waals surface area contributed by atoms with Crippen molar-refractivity contribution in [3.8, 4) is 11.5 Å². The van der Waals surface area contributed by atoms with Gasteiger partial charge in [0.25, 0.3) is 0 Å². The maximum Gasteiger partial charge on any atom is 0.328 e. The highest BCUT2D eigenvalue weighted by Gasteiger charge is 2.08. The fourth-order valence-corrected chi connectivity index (χ4v) is 2.05. The first-order chi connectivity index (χ1) is 9.95. The summed E-state index contributed by atoms with van der Waals surface area (Å²) in [6.07, 6.45) is 2.45. The van der Waals surface area contributed by atoms with Gasteiger partial charge in [-0.05, 0) is 48.9 Å². The quantitative estimate of drug-likeness (QED) is 0.787. The summed E-state index contributed by atoms with van der Waals surface area (Å²) in [7, 11) is 0. The fraction of sp³-hybridized carbons (Fsp3) is 0.0625. The standard InChI is InChI=1S/C16H12Cl2O3/c1-10-2-5-13(18)15(8-10)21-14-6-4-12(17)9-11(14)3-7-16(19)20/h2-9H,1H3,(H,19,20)/b7-3+. The molecule has 0 aromatic heterocycles. The van der Waals surface area contributed by atoms with Gasteiger partial charge in [-0.2, -0.15) is 0 Å². The smallest absolute Gasteiger partial charge is 0.328 e. The van der Waals surface area contributed by atoms with E-state index in [1.54, 1.807) is 24.3 Å². The SMILES string of the molecule is Cc1ccc(Cl)c(Oc2ccc(Cl)cc2/C=C/C(=O)O)c1. The first-order valence-corrected chi connectivity index (χ1v) is 6.86. The molecule has 2 aromatic rings. The Balaban J connectivity index is 2.39. The highest BCUT2D eigenvalue weighted by Crippen LogP contribution is 2.33. The first kappa shape index (κ1) is 15.4. The summed E-state index contributed by atoms with van der Waals surface area (Å²) >= 11 is 12.0. The molecule has 3 nitrogen and oxygen atoms in total. The van der Waals surface area contributed by atoms with Crippen molar-refractivity contribution in [2.45, 2.75) is 6.92 Å². The Morgan fingerprint density at radius 1 is 1.14 bits per heavy atom. The van der Waals surface area contributed by atoms with Crippen LogP contribution in [0.15, 0.2) is 42.5 Å². The average Bonchev–Trinajstić information content (AvgIpc) is 2.43. The number of carboxylic acids is 1. The Bertz CT molecular complexity index is 709. The van der Waals surface area contributed by atoms with Gasteiger partial charge in [-0.1, -0.05) is 29.3 Å². The normalized spacial score (nSPS) is 10.8. The van der Waals surface area contributed by atoms with E-state index in [1.807, 2.05) is 19.1 Å². The summed E-state index contributed by atoms with van der Waals surface area (Å²) < 4.78 is 5.77. The van der Waals surface area contributed by atoms with Gasteiger partial charge < -0.3 is 9.84 Å². The minimum Gasteiger partial charge on any atom is -0.478 e. The summed E-state index contributed by atoms with van der Waals surface area (Å²) in [5.41, 5.74) is 1.56. The van der Waals surface area contributed by atoms with Crippen molar-refractivity contribution in [2.24, 2.45) is 0 Å². The molecule has 2 rings (SSSR count). The predicted octanol–water partition coefficient (Wildman–Crippen LogP) is 5.19. The van der Waals surface area contributed by atoms with Crippen LogP contribution >= 0.6 is 23.2 Å². The summed E-state index contributed by atoms with van der Waals surface area (Å²) in [4.78, 5) is 10.6. The highest BCUT2D eigenvalue weighted by atomic mass is 35.5. The molecule has 21 heavy (non-hydrogen) atoms. The minimum absolute atomic E-state index is 0.476. The Labute approximate surface area is 132 Å². The molecule has 0 aliphatic rings. The molecule has 0 amide bonds. The second-order valence-electron chi connectivity index (χ2n) is 4.39. The Morgan fingerprint density at radius 3 is 2.62 bits per heavy atom. The molecule has 0 aliphatic heterocycles. The van der Waals surface area contributed by atoms with Gasteiger partial charge in [0, 0.05) is 16.7 Å². The molecule has 5 heteroatoms. The number of aliphatic carboxylic acids is 1. The molecular weight excluding hydrogens is 311 g/mol. The van der Waals surface area contributed by atoms with E-state index in [-0.39, 0.29) is 0 Å². The number of aryl methyl sites for hydroxylation is 1. The van der Waals surface area contributed by atoms with E-state index >= 15 is 0 Å². The lowest BCUT2D eigenvalue weighted by molar-refractivity contribution is -0.131. The number of halogens is 2. The molecule has 0 saturated heterocycles. The van der Waals surface area contributed by atoms with E-state index < -0.39 is 5.97 Å². The van der Waals surface area contributed by atoms with Gasteiger partial charge in [-0.3, -0.25) is 0 Å². The van der Waals surface area contributed by atoms with Crippen LogP contribution in [-0.2, 0) is 4.79 Å². The minimum atomic E-state index is -1.05. The second-order valence-corrected chi connectivity index (χ2v) is 5.23. The lowest BCUT2D eigenvalue weighted by Gasteiger charge is -2.11. The van der Waals surface area contributed by atoms with Crippen molar-refractivity contribution in [1.29, 1.82) is 0 Å². The second kappa shape index (κ2) is 6.66. The molecule has 108 valence electrons. The van der Waals surface area contributed by atoms with Crippen LogP contribution in [-0.4, -0.2) is 11.1 Å². The molecule has 0 radical (unpaired) electrons. The summed E-state index contributed by atoms with van der Waals surface area (Å²) in [5, 5.41) is 9.69. The lowest BCUT2D eigenvalue weighted by Crippen LogP contribution is -1.91. The largest absolute Gasteiger partial charge is 0.478 e. The number of hydrogen-bond acceptors (Lipinski definition) is 2. The zero-order valence-electron chi connectivity index (χ0n) is 11.1. The third-order valence-electron chi connectivity index (χ3n) is 2.68. The van der Waals surface area contributed by atoms with Gasteiger partial charge in [-0.25, -0.2) is 4.79 Å². The molecule has 0 heterocycles. The van der Waals surface area contributed by atoms with E-state index in [0.29, 0.717) is 27.1 Å². The van der Waals surface area contributed by atoms with Crippen LogP contribution in [0.1, 0.15) is 11.1 Å². The summed E-state index contributed by atoms with van der Waals surface area (Å²) in [5.74, 6) is -0.0668. The van der Waals surface area contributed by atoms with Gasteiger partial charge in [0.05, 0.1) is 5.02 Å². The molecule has 0 saturated carbocycles. The van der Waals surface area contributed by atoms with Crippen LogP contribution < -0.4 is 4.74 Å². The number of carbonyl (C=O) groups is 1. The van der Waals surface area contributed by atoms with Crippen LogP contribution in [0.25, 0.3) is 6.08 Å². The van der Waals surface area contributed by atoms with Gasteiger partial charge in [0.1, 0.15) is 11.5 Å². The Morgan fingerprint density at radius 2 is 1.90 bits per heavy atom. The Hall–Kier alpha value is -1.97. The van der Waals surface area contributed by atoms with Gasteiger partial charge in [0.2, 0.25) is 0 Å². The molecule has 0 bridgehead atoms. The van der Waals surface area contributed by atoms with E-state index in [4.69, 9.17) is 33.0 Å². The maximum absolute atomic E-state index is 10.6. The number of carboxylic acid groups (broad SMARTS) is 1. The molecule has 0 spiro atoms. The highest BCUT2D eigenvalue weighted by molar-refractivity contribution is 6.32. The molecule has 1 N–H and O–H groups in total. The summed E-state index contributed by atoms with van der Waals surface area (Å²) in [6.45, 7) is 1.93. The van der Waals surface area contributed by atoms with Crippen LogP contribution in [0.3, 0.4) is 0 Å². The first-order valence-electron chi connectivity index (χ1n) is 6.10. The van der Waals surface area contributed by atoms with Crippen molar-refractivity contribution in [1.82, 2.24) is 0 Å². The van der Waals surface area contributed by atoms with Gasteiger partial charge >= 0.3 is 5.97 Å². The molecule has 0 fully saturated rings. The third kappa shape index (κ3) is 4.25. The van der Waals surface area contributed by atoms with Crippen LogP contribution in [0.5, 0.6) is 11.5 Å². The lowest BCUT2D eigenvalue weighted by atomic mass is 10.2. The molecule has 0 aliphatic carbocycles. The van der Waals surface area contributed by atoms with Crippen LogP contribution in [0.2, 0.25) is 10.0 Å².